The van der Waals surface area contributed by atoms with Crippen molar-refractivity contribution < 1.29 is 9.90 Å². The monoisotopic (exact) mass is 316 g/mol. The zero-order valence-corrected chi connectivity index (χ0v) is 13.8. The molecule has 2 rings (SSSR count). The highest BCUT2D eigenvalue weighted by molar-refractivity contribution is 5.90. The predicted octanol–water partition coefficient (Wildman–Crippen LogP) is 2.77. The second-order valence-electron chi connectivity index (χ2n) is 5.46. The van der Waals surface area contributed by atoms with E-state index in [2.05, 4.69) is 15.7 Å². The van der Waals surface area contributed by atoms with E-state index in [1.54, 1.807) is 0 Å². The van der Waals surface area contributed by atoms with Crippen LogP contribution in [0.3, 0.4) is 0 Å². The normalized spacial score (nSPS) is 12.0. The van der Waals surface area contributed by atoms with Crippen LogP contribution in [-0.2, 0) is 6.54 Å². The van der Waals surface area contributed by atoms with Crippen molar-refractivity contribution in [3.63, 3.8) is 0 Å². The number of rotatable bonds is 6. The van der Waals surface area contributed by atoms with Crippen LogP contribution in [0.2, 0.25) is 0 Å². The van der Waals surface area contributed by atoms with Gasteiger partial charge in [0.05, 0.1) is 23.2 Å². The summed E-state index contributed by atoms with van der Waals surface area (Å²) >= 11 is 0. The Morgan fingerprint density at radius 1 is 1.30 bits per heavy atom. The molecule has 1 unspecified atom stereocenters. The Morgan fingerprint density at radius 3 is 2.61 bits per heavy atom. The molecular formula is C17H24N4O2. The number of benzene rings is 1. The summed E-state index contributed by atoms with van der Waals surface area (Å²) in [6, 6.07) is 9.13. The number of amides is 2. The molecule has 0 saturated carbocycles. The number of hydrogen-bond donors (Lipinski definition) is 3. The maximum Gasteiger partial charge on any atom is 0.319 e. The molecule has 0 aliphatic carbocycles. The molecule has 23 heavy (non-hydrogen) atoms. The van der Waals surface area contributed by atoms with Gasteiger partial charge in [0.15, 0.2) is 0 Å². The number of aromatic nitrogens is 2. The average molecular weight is 316 g/mol. The molecule has 1 aromatic carbocycles. The van der Waals surface area contributed by atoms with Gasteiger partial charge < -0.3 is 15.7 Å². The molecule has 0 bridgehead atoms. The van der Waals surface area contributed by atoms with Crippen LogP contribution in [0.5, 0.6) is 0 Å². The predicted molar refractivity (Wildman–Crippen MR) is 90.4 cm³/mol. The number of urea groups is 1. The fourth-order valence-electron chi connectivity index (χ4n) is 2.51. The summed E-state index contributed by atoms with van der Waals surface area (Å²) in [4.78, 5) is 12.0. The first-order valence-corrected chi connectivity index (χ1v) is 7.84. The largest absolute Gasteiger partial charge is 0.388 e. The van der Waals surface area contributed by atoms with Crippen molar-refractivity contribution in [2.75, 3.05) is 11.9 Å². The lowest BCUT2D eigenvalue weighted by Crippen LogP contribution is -2.30. The third-order valence-corrected chi connectivity index (χ3v) is 3.81. The maximum absolute atomic E-state index is 12.0. The lowest BCUT2D eigenvalue weighted by atomic mass is 10.1. The highest BCUT2D eigenvalue weighted by Crippen LogP contribution is 2.19. The molecule has 0 spiro atoms. The van der Waals surface area contributed by atoms with Crippen LogP contribution in [0.4, 0.5) is 10.5 Å². The fraction of sp³-hybridized carbons (Fsp3) is 0.412. The van der Waals surface area contributed by atoms with Gasteiger partial charge in [-0.2, -0.15) is 5.10 Å². The van der Waals surface area contributed by atoms with E-state index in [1.807, 2.05) is 55.8 Å². The van der Waals surface area contributed by atoms with E-state index in [9.17, 15) is 9.90 Å². The van der Waals surface area contributed by atoms with Crippen LogP contribution in [0.1, 0.15) is 36.4 Å². The van der Waals surface area contributed by atoms with Crippen molar-refractivity contribution in [1.29, 1.82) is 0 Å². The van der Waals surface area contributed by atoms with Crippen LogP contribution in [0, 0.1) is 13.8 Å². The van der Waals surface area contributed by atoms with Gasteiger partial charge in [-0.05, 0) is 32.8 Å². The summed E-state index contributed by atoms with van der Waals surface area (Å²) < 4.78 is 1.85. The molecule has 6 nitrogen and oxygen atoms in total. The van der Waals surface area contributed by atoms with Crippen molar-refractivity contribution in [1.82, 2.24) is 15.1 Å². The van der Waals surface area contributed by atoms with Crippen LogP contribution in [0.25, 0.3) is 0 Å². The minimum absolute atomic E-state index is 0.285. The number of carbonyl (C=O) groups is 1. The fourth-order valence-corrected chi connectivity index (χ4v) is 2.51. The summed E-state index contributed by atoms with van der Waals surface area (Å²) in [5, 5.41) is 20.0. The zero-order chi connectivity index (χ0) is 16.8. The molecule has 1 heterocycles. The summed E-state index contributed by atoms with van der Waals surface area (Å²) in [6.45, 7) is 6.96. The highest BCUT2D eigenvalue weighted by Gasteiger charge is 2.13. The van der Waals surface area contributed by atoms with Gasteiger partial charge in [0.25, 0.3) is 0 Å². The SMILES string of the molecule is CCn1nc(C)c(NC(=O)NCCC(O)c2ccccc2)c1C. The molecule has 1 atom stereocenters. The van der Waals surface area contributed by atoms with Crippen molar-refractivity contribution in [3.05, 3.63) is 47.3 Å². The van der Waals surface area contributed by atoms with Crippen molar-refractivity contribution in [2.24, 2.45) is 0 Å². The van der Waals surface area contributed by atoms with Gasteiger partial charge >= 0.3 is 6.03 Å². The average Bonchev–Trinajstić information content (AvgIpc) is 2.83. The minimum atomic E-state index is -0.581. The van der Waals surface area contributed by atoms with E-state index in [-0.39, 0.29) is 6.03 Å². The topological polar surface area (TPSA) is 79.2 Å². The molecule has 124 valence electrons. The van der Waals surface area contributed by atoms with E-state index in [0.29, 0.717) is 13.0 Å². The van der Waals surface area contributed by atoms with E-state index in [1.165, 1.54) is 0 Å². The molecule has 1 aromatic heterocycles. The van der Waals surface area contributed by atoms with Crippen molar-refractivity contribution in [2.45, 2.75) is 39.8 Å². The third kappa shape index (κ3) is 4.32. The van der Waals surface area contributed by atoms with Crippen LogP contribution < -0.4 is 10.6 Å². The zero-order valence-electron chi connectivity index (χ0n) is 13.8. The minimum Gasteiger partial charge on any atom is -0.388 e. The quantitative estimate of drug-likeness (QED) is 0.766. The number of anilines is 1. The number of hydrogen-bond acceptors (Lipinski definition) is 3. The van der Waals surface area contributed by atoms with Crippen LogP contribution >= 0.6 is 0 Å². The lowest BCUT2D eigenvalue weighted by molar-refractivity contribution is 0.167. The Labute approximate surface area is 136 Å². The van der Waals surface area contributed by atoms with E-state index < -0.39 is 6.10 Å². The van der Waals surface area contributed by atoms with Gasteiger partial charge in [-0.1, -0.05) is 30.3 Å². The van der Waals surface area contributed by atoms with Gasteiger partial charge in [0.1, 0.15) is 0 Å². The second-order valence-corrected chi connectivity index (χ2v) is 5.46. The second kappa shape index (κ2) is 7.78. The van der Waals surface area contributed by atoms with Gasteiger partial charge in [-0.3, -0.25) is 4.68 Å². The summed E-state index contributed by atoms with van der Waals surface area (Å²) in [6.07, 6.45) is -0.119. The molecular weight excluding hydrogens is 292 g/mol. The first-order valence-electron chi connectivity index (χ1n) is 7.84. The Hall–Kier alpha value is -2.34. The first kappa shape index (κ1) is 17.0. The van der Waals surface area contributed by atoms with E-state index in [4.69, 9.17) is 0 Å². The first-order chi connectivity index (χ1) is 11.0. The highest BCUT2D eigenvalue weighted by atomic mass is 16.3. The molecule has 6 heteroatoms. The Bertz CT molecular complexity index is 652. The maximum atomic E-state index is 12.0. The number of aliphatic hydroxyl groups excluding tert-OH is 1. The molecule has 0 aliphatic rings. The number of nitrogens with zero attached hydrogens (tertiary/aromatic N) is 2. The van der Waals surface area contributed by atoms with Gasteiger partial charge in [0.2, 0.25) is 0 Å². The van der Waals surface area contributed by atoms with Crippen molar-refractivity contribution >= 4 is 11.7 Å². The Balaban J connectivity index is 1.83. The van der Waals surface area contributed by atoms with Crippen molar-refractivity contribution in [3.8, 4) is 0 Å². The summed E-state index contributed by atoms with van der Waals surface area (Å²) in [5.74, 6) is 0. The number of carbonyl (C=O) groups excluding carboxylic acids is 1. The Morgan fingerprint density at radius 2 is 2.00 bits per heavy atom. The molecule has 2 amide bonds. The number of aliphatic hydroxyl groups is 1. The lowest BCUT2D eigenvalue weighted by Gasteiger charge is -2.12. The molecule has 0 aliphatic heterocycles. The van der Waals surface area contributed by atoms with Gasteiger partial charge in [0, 0.05) is 13.1 Å². The summed E-state index contributed by atoms with van der Waals surface area (Å²) in [5.41, 5.74) is 3.33. The van der Waals surface area contributed by atoms with Gasteiger partial charge in [-0.25, -0.2) is 4.79 Å². The van der Waals surface area contributed by atoms with E-state index in [0.717, 1.165) is 29.2 Å². The van der Waals surface area contributed by atoms with Gasteiger partial charge in [-0.15, -0.1) is 0 Å². The molecule has 0 fully saturated rings. The molecule has 2 aromatic rings. The summed E-state index contributed by atoms with van der Waals surface area (Å²) in [7, 11) is 0. The third-order valence-electron chi connectivity index (χ3n) is 3.81. The molecule has 3 N–H and O–H groups in total. The van der Waals surface area contributed by atoms with Crippen LogP contribution in [-0.4, -0.2) is 27.5 Å². The number of aryl methyl sites for hydroxylation is 2. The smallest absolute Gasteiger partial charge is 0.319 e. The van der Waals surface area contributed by atoms with E-state index >= 15 is 0 Å². The Kier molecular flexibility index (Phi) is 5.76. The standard InChI is InChI=1S/C17H24N4O2/c1-4-21-13(3)16(12(2)20-21)19-17(23)18-11-10-15(22)14-8-6-5-7-9-14/h5-9,15,22H,4,10-11H2,1-3H3,(H2,18,19,23). The van der Waals surface area contributed by atoms with Crippen LogP contribution in [0.15, 0.2) is 30.3 Å². The molecule has 0 saturated heterocycles. The molecule has 0 radical (unpaired) electrons. The number of nitrogens with one attached hydrogen (secondary N) is 2.